The van der Waals surface area contributed by atoms with Crippen molar-refractivity contribution in [3.05, 3.63) is 35.9 Å². The van der Waals surface area contributed by atoms with E-state index in [0.29, 0.717) is 19.3 Å². The number of amides is 1. The Labute approximate surface area is 137 Å². The van der Waals surface area contributed by atoms with Crippen molar-refractivity contribution in [1.82, 2.24) is 4.90 Å². The molecule has 0 radical (unpaired) electrons. The third kappa shape index (κ3) is 2.23. The maximum absolute atomic E-state index is 13.0. The first-order valence-corrected chi connectivity index (χ1v) is 8.63. The Morgan fingerprint density at radius 1 is 1.30 bits per heavy atom. The summed E-state index contributed by atoms with van der Waals surface area (Å²) >= 11 is 0. The average Bonchev–Trinajstić information content (AvgIpc) is 3.08. The molecule has 0 aliphatic carbocycles. The third-order valence-electron chi connectivity index (χ3n) is 6.16. The first-order valence-electron chi connectivity index (χ1n) is 8.63. The quantitative estimate of drug-likeness (QED) is 0.925. The molecule has 3 fully saturated rings. The Hall–Kier alpha value is -1.39. The van der Waals surface area contributed by atoms with Gasteiger partial charge in [-0.1, -0.05) is 30.3 Å². The van der Waals surface area contributed by atoms with Crippen LogP contribution in [0.4, 0.5) is 0 Å². The molecule has 1 amide bonds. The van der Waals surface area contributed by atoms with Gasteiger partial charge in [-0.05, 0) is 38.2 Å². The summed E-state index contributed by atoms with van der Waals surface area (Å²) in [5, 5.41) is 10.2. The number of hydrogen-bond donors (Lipinski definition) is 1. The minimum absolute atomic E-state index is 0.153. The zero-order valence-corrected chi connectivity index (χ0v) is 13.7. The number of rotatable bonds is 4. The summed E-state index contributed by atoms with van der Waals surface area (Å²) in [6, 6.07) is 10.8. The van der Waals surface area contributed by atoms with E-state index in [9.17, 15) is 9.90 Å². The van der Waals surface area contributed by atoms with Crippen LogP contribution in [0.2, 0.25) is 0 Å². The smallest absolute Gasteiger partial charge is 0.233 e. The Morgan fingerprint density at radius 2 is 2.04 bits per heavy atom. The lowest BCUT2D eigenvalue weighted by atomic mass is 9.70. The van der Waals surface area contributed by atoms with E-state index in [1.807, 2.05) is 25.1 Å². The number of nitrogens with zero attached hydrogens (tertiary/aromatic N) is 1. The van der Waals surface area contributed by atoms with E-state index >= 15 is 0 Å². The van der Waals surface area contributed by atoms with E-state index in [2.05, 4.69) is 17.0 Å². The molecule has 0 unspecified atom stereocenters. The van der Waals surface area contributed by atoms with Crippen molar-refractivity contribution in [2.24, 2.45) is 10.8 Å². The molecular formula is C19H25NO3. The Kier molecular flexibility index (Phi) is 3.50. The molecule has 4 heteroatoms. The molecule has 0 saturated carbocycles. The van der Waals surface area contributed by atoms with E-state index in [1.54, 1.807) is 0 Å². The summed E-state index contributed by atoms with van der Waals surface area (Å²) in [6.45, 7) is 3.23. The normalized spacial score (nSPS) is 34.4. The summed E-state index contributed by atoms with van der Waals surface area (Å²) in [5.74, 6) is 0.236. The SMILES string of the molecule is CC1(C(=O)N2[C@H]3CC[C@@H]2[C@@](CO)(Cc2ccccc2)C3)COC1. The van der Waals surface area contributed by atoms with Crippen LogP contribution in [-0.4, -0.2) is 47.8 Å². The summed E-state index contributed by atoms with van der Waals surface area (Å²) in [4.78, 5) is 15.1. The van der Waals surface area contributed by atoms with E-state index in [4.69, 9.17) is 4.74 Å². The van der Waals surface area contributed by atoms with Gasteiger partial charge in [0.25, 0.3) is 0 Å². The van der Waals surface area contributed by atoms with Gasteiger partial charge < -0.3 is 14.7 Å². The summed E-state index contributed by atoms with van der Waals surface area (Å²) in [5.41, 5.74) is 0.722. The average molecular weight is 315 g/mol. The summed E-state index contributed by atoms with van der Waals surface area (Å²) in [7, 11) is 0. The molecule has 23 heavy (non-hydrogen) atoms. The minimum atomic E-state index is -0.348. The fourth-order valence-electron chi connectivity index (χ4n) is 4.86. The molecule has 3 saturated heterocycles. The highest BCUT2D eigenvalue weighted by atomic mass is 16.5. The van der Waals surface area contributed by atoms with Gasteiger partial charge in [0.2, 0.25) is 5.91 Å². The summed E-state index contributed by atoms with van der Waals surface area (Å²) < 4.78 is 5.29. The molecule has 124 valence electrons. The molecule has 3 aliphatic rings. The second kappa shape index (κ2) is 5.32. The van der Waals surface area contributed by atoms with Gasteiger partial charge >= 0.3 is 0 Å². The van der Waals surface area contributed by atoms with E-state index in [-0.39, 0.29) is 29.4 Å². The number of aliphatic hydroxyl groups is 1. The predicted molar refractivity (Wildman–Crippen MR) is 86.9 cm³/mol. The number of aliphatic hydroxyl groups excluding tert-OH is 1. The standard InChI is InChI=1S/C19H25NO3/c1-18(12-23-13-18)17(22)20-15-7-8-16(20)19(10-15,11-21)9-14-5-3-2-4-6-14/h2-6,15-16,21H,7-13H2,1H3/t15-,16+,19-/m0/s1. The van der Waals surface area contributed by atoms with Gasteiger partial charge in [-0.2, -0.15) is 0 Å². The van der Waals surface area contributed by atoms with Gasteiger partial charge in [0.05, 0.1) is 25.2 Å². The maximum atomic E-state index is 13.0. The van der Waals surface area contributed by atoms with Crippen LogP contribution in [0.5, 0.6) is 0 Å². The number of hydrogen-bond acceptors (Lipinski definition) is 3. The van der Waals surface area contributed by atoms with Crippen molar-refractivity contribution in [1.29, 1.82) is 0 Å². The number of ether oxygens (including phenoxy) is 1. The van der Waals surface area contributed by atoms with Crippen LogP contribution in [0.3, 0.4) is 0 Å². The van der Waals surface area contributed by atoms with Crippen molar-refractivity contribution in [3.8, 4) is 0 Å². The Bertz CT molecular complexity index is 598. The van der Waals surface area contributed by atoms with Crippen molar-refractivity contribution >= 4 is 5.91 Å². The Balaban J connectivity index is 1.60. The number of benzene rings is 1. The summed E-state index contributed by atoms with van der Waals surface area (Å²) in [6.07, 6.45) is 3.86. The van der Waals surface area contributed by atoms with Crippen molar-refractivity contribution in [3.63, 3.8) is 0 Å². The molecule has 3 atom stereocenters. The lowest BCUT2D eigenvalue weighted by Gasteiger charge is -2.42. The molecule has 0 spiro atoms. The van der Waals surface area contributed by atoms with Crippen LogP contribution < -0.4 is 0 Å². The molecule has 1 N–H and O–H groups in total. The lowest BCUT2D eigenvalue weighted by Crippen LogP contribution is -2.55. The first kappa shape index (κ1) is 15.2. The van der Waals surface area contributed by atoms with E-state index < -0.39 is 0 Å². The van der Waals surface area contributed by atoms with Crippen LogP contribution in [0.15, 0.2) is 30.3 Å². The van der Waals surface area contributed by atoms with Crippen LogP contribution >= 0.6 is 0 Å². The number of carbonyl (C=O) groups is 1. The lowest BCUT2D eigenvalue weighted by molar-refractivity contribution is -0.170. The fourth-order valence-corrected chi connectivity index (χ4v) is 4.86. The van der Waals surface area contributed by atoms with E-state index in [0.717, 1.165) is 25.7 Å². The monoisotopic (exact) mass is 315 g/mol. The second-order valence-electron chi connectivity index (χ2n) is 7.90. The molecule has 1 aromatic carbocycles. The second-order valence-corrected chi connectivity index (χ2v) is 7.90. The zero-order chi connectivity index (χ0) is 16.1. The van der Waals surface area contributed by atoms with Gasteiger partial charge in [0.15, 0.2) is 0 Å². The topological polar surface area (TPSA) is 49.8 Å². The molecule has 4 rings (SSSR count). The predicted octanol–water partition coefficient (Wildman–Crippen LogP) is 2.01. The van der Waals surface area contributed by atoms with Crippen molar-refractivity contribution in [2.75, 3.05) is 19.8 Å². The molecular weight excluding hydrogens is 290 g/mol. The fraction of sp³-hybridized carbons (Fsp3) is 0.632. The minimum Gasteiger partial charge on any atom is -0.396 e. The highest BCUT2D eigenvalue weighted by Crippen LogP contribution is 2.52. The van der Waals surface area contributed by atoms with Crippen LogP contribution in [0.25, 0.3) is 0 Å². The first-order chi connectivity index (χ1) is 11.1. The van der Waals surface area contributed by atoms with E-state index in [1.165, 1.54) is 5.56 Å². The molecule has 3 aliphatic heterocycles. The molecule has 3 heterocycles. The van der Waals surface area contributed by atoms with Gasteiger partial charge in [0.1, 0.15) is 0 Å². The number of carbonyl (C=O) groups excluding carboxylic acids is 1. The molecule has 0 aromatic heterocycles. The van der Waals surface area contributed by atoms with Gasteiger partial charge in [0, 0.05) is 17.5 Å². The zero-order valence-electron chi connectivity index (χ0n) is 13.7. The van der Waals surface area contributed by atoms with Crippen molar-refractivity contribution in [2.45, 2.75) is 44.7 Å². The van der Waals surface area contributed by atoms with Gasteiger partial charge in [-0.15, -0.1) is 0 Å². The van der Waals surface area contributed by atoms with Gasteiger partial charge in [-0.3, -0.25) is 4.79 Å². The molecule has 2 bridgehead atoms. The van der Waals surface area contributed by atoms with Crippen LogP contribution in [-0.2, 0) is 16.0 Å². The highest BCUT2D eigenvalue weighted by Gasteiger charge is 2.60. The number of fused-ring (bicyclic) bond motifs is 2. The maximum Gasteiger partial charge on any atom is 0.233 e. The molecule has 1 aromatic rings. The largest absolute Gasteiger partial charge is 0.396 e. The highest BCUT2D eigenvalue weighted by molar-refractivity contribution is 5.84. The van der Waals surface area contributed by atoms with Crippen molar-refractivity contribution < 1.29 is 14.6 Å². The van der Waals surface area contributed by atoms with Crippen LogP contribution in [0, 0.1) is 10.8 Å². The third-order valence-corrected chi connectivity index (χ3v) is 6.16. The molecule has 4 nitrogen and oxygen atoms in total. The van der Waals surface area contributed by atoms with Gasteiger partial charge in [-0.25, -0.2) is 0 Å². The van der Waals surface area contributed by atoms with Crippen LogP contribution in [0.1, 0.15) is 31.7 Å². The Morgan fingerprint density at radius 3 is 2.65 bits per heavy atom.